The molecular weight excluding hydrogens is 322 g/mol. The van der Waals surface area contributed by atoms with Gasteiger partial charge in [-0.25, -0.2) is 0 Å². The van der Waals surface area contributed by atoms with E-state index in [1.807, 2.05) is 6.92 Å². The summed E-state index contributed by atoms with van der Waals surface area (Å²) in [6, 6.07) is 1.67. The molecule has 0 N–H and O–H groups in total. The van der Waals surface area contributed by atoms with Crippen molar-refractivity contribution in [1.29, 1.82) is 0 Å². The summed E-state index contributed by atoms with van der Waals surface area (Å²) in [4.78, 5) is 41.6. The van der Waals surface area contributed by atoms with Crippen molar-refractivity contribution in [1.82, 2.24) is 14.7 Å². The fourth-order valence-corrected chi connectivity index (χ4v) is 3.02. The number of rotatable bonds is 6. The van der Waals surface area contributed by atoms with Gasteiger partial charge in [-0.2, -0.15) is 0 Å². The molecule has 7 nitrogen and oxygen atoms in total. The van der Waals surface area contributed by atoms with Crippen LogP contribution in [0.4, 0.5) is 0 Å². The normalized spacial score (nSPS) is 14.5. The predicted molar refractivity (Wildman–Crippen MR) is 93.1 cm³/mol. The molecule has 7 heteroatoms. The van der Waals surface area contributed by atoms with Crippen LogP contribution in [-0.4, -0.2) is 71.7 Å². The summed E-state index contributed by atoms with van der Waals surface area (Å²) >= 11 is 0. The van der Waals surface area contributed by atoms with Crippen LogP contribution in [-0.2, 0) is 9.59 Å². The van der Waals surface area contributed by atoms with Crippen molar-refractivity contribution in [3.63, 3.8) is 0 Å². The van der Waals surface area contributed by atoms with Crippen molar-refractivity contribution >= 4 is 17.7 Å². The van der Waals surface area contributed by atoms with Crippen LogP contribution >= 0.6 is 0 Å². The van der Waals surface area contributed by atoms with E-state index in [1.54, 1.807) is 34.6 Å². The lowest BCUT2D eigenvalue weighted by Gasteiger charge is -2.34. The lowest BCUT2D eigenvalue weighted by molar-refractivity contribution is -0.138. The van der Waals surface area contributed by atoms with Gasteiger partial charge in [-0.15, -0.1) is 0 Å². The molecular formula is C18H27N3O4. The number of hydrogen-bond acceptors (Lipinski definition) is 4. The smallest absolute Gasteiger partial charge is 0.257 e. The molecule has 0 aliphatic carbocycles. The van der Waals surface area contributed by atoms with Crippen LogP contribution in [0.3, 0.4) is 0 Å². The molecule has 25 heavy (non-hydrogen) atoms. The Morgan fingerprint density at radius 1 is 1.12 bits per heavy atom. The molecule has 1 aromatic rings. The Balaban J connectivity index is 1.88. The van der Waals surface area contributed by atoms with E-state index in [0.717, 1.165) is 6.42 Å². The highest BCUT2D eigenvalue weighted by Crippen LogP contribution is 2.13. The molecule has 1 saturated heterocycles. The number of hydrogen-bond donors (Lipinski definition) is 0. The van der Waals surface area contributed by atoms with Crippen LogP contribution in [0.2, 0.25) is 0 Å². The molecule has 0 aromatic carbocycles. The van der Waals surface area contributed by atoms with Crippen LogP contribution < -0.4 is 0 Å². The van der Waals surface area contributed by atoms with Crippen molar-refractivity contribution in [2.75, 3.05) is 39.3 Å². The van der Waals surface area contributed by atoms with Gasteiger partial charge < -0.3 is 19.1 Å². The van der Waals surface area contributed by atoms with E-state index in [2.05, 4.69) is 0 Å². The van der Waals surface area contributed by atoms with Gasteiger partial charge in [0.25, 0.3) is 5.91 Å². The molecule has 1 fully saturated rings. The molecule has 0 saturated carbocycles. The summed E-state index contributed by atoms with van der Waals surface area (Å²) in [5.41, 5.74) is 0.552. The van der Waals surface area contributed by atoms with E-state index >= 15 is 0 Å². The minimum Gasteiger partial charge on any atom is -0.469 e. The second-order valence-corrected chi connectivity index (χ2v) is 6.32. The van der Waals surface area contributed by atoms with E-state index in [4.69, 9.17) is 4.42 Å². The largest absolute Gasteiger partial charge is 0.469 e. The summed E-state index contributed by atoms with van der Waals surface area (Å²) in [5.74, 6) is 0.573. The Kier molecular flexibility index (Phi) is 6.61. The maximum Gasteiger partial charge on any atom is 0.257 e. The van der Waals surface area contributed by atoms with Crippen LogP contribution in [0, 0.1) is 6.92 Å². The zero-order valence-corrected chi connectivity index (χ0v) is 15.3. The zero-order chi connectivity index (χ0) is 18.4. The number of amides is 3. The topological polar surface area (TPSA) is 74.1 Å². The summed E-state index contributed by atoms with van der Waals surface area (Å²) in [6.07, 6.45) is 2.63. The molecule has 0 radical (unpaired) electrons. The molecule has 0 atom stereocenters. The molecule has 1 aliphatic rings. The molecule has 2 rings (SSSR count). The zero-order valence-electron chi connectivity index (χ0n) is 15.3. The maximum atomic E-state index is 12.6. The van der Waals surface area contributed by atoms with Crippen molar-refractivity contribution < 1.29 is 18.8 Å². The Morgan fingerprint density at radius 2 is 1.76 bits per heavy atom. The summed E-state index contributed by atoms with van der Waals surface area (Å²) in [7, 11) is 0. The SMILES string of the molecule is CCCN(CCC(=O)N1CCN(C(C)=O)CC1)C(=O)c1ccoc1C. The molecule has 0 bridgehead atoms. The standard InChI is InChI=1S/C18H27N3O4/c1-4-7-21(18(24)16-6-13-25-14(16)2)8-5-17(23)20-11-9-19(10-12-20)15(3)22/h6,13H,4-5,7-12H2,1-3H3. The van der Waals surface area contributed by atoms with Crippen LogP contribution in [0.1, 0.15) is 42.8 Å². The van der Waals surface area contributed by atoms with E-state index in [1.165, 1.54) is 6.26 Å². The van der Waals surface area contributed by atoms with Gasteiger partial charge >= 0.3 is 0 Å². The average molecular weight is 349 g/mol. The number of furan rings is 1. The quantitative estimate of drug-likeness (QED) is 0.780. The predicted octanol–water partition coefficient (Wildman–Crippen LogP) is 1.52. The van der Waals surface area contributed by atoms with Gasteiger partial charge in [-0.3, -0.25) is 14.4 Å². The van der Waals surface area contributed by atoms with Gasteiger partial charge in [-0.05, 0) is 19.4 Å². The lowest BCUT2D eigenvalue weighted by atomic mass is 10.2. The van der Waals surface area contributed by atoms with Gasteiger partial charge in [0.15, 0.2) is 0 Å². The average Bonchev–Trinajstić information content (AvgIpc) is 3.03. The summed E-state index contributed by atoms with van der Waals surface area (Å²) in [5, 5.41) is 0. The van der Waals surface area contributed by atoms with Gasteiger partial charge in [0, 0.05) is 52.6 Å². The molecule has 3 amide bonds. The first kappa shape index (κ1) is 19.0. The van der Waals surface area contributed by atoms with Crippen LogP contribution in [0.25, 0.3) is 0 Å². The minimum atomic E-state index is -0.0951. The molecule has 0 spiro atoms. The fourth-order valence-electron chi connectivity index (χ4n) is 3.02. The molecule has 1 aromatic heterocycles. The monoisotopic (exact) mass is 349 g/mol. The second-order valence-electron chi connectivity index (χ2n) is 6.32. The number of nitrogens with zero attached hydrogens (tertiary/aromatic N) is 3. The Hall–Kier alpha value is -2.31. The molecule has 2 heterocycles. The van der Waals surface area contributed by atoms with E-state index in [-0.39, 0.29) is 17.7 Å². The summed E-state index contributed by atoms with van der Waals surface area (Å²) in [6.45, 7) is 8.57. The molecule has 138 valence electrons. The second kappa shape index (κ2) is 8.69. The highest BCUT2D eigenvalue weighted by molar-refractivity contribution is 5.95. The third-order valence-electron chi connectivity index (χ3n) is 4.54. The lowest BCUT2D eigenvalue weighted by Crippen LogP contribution is -2.50. The highest BCUT2D eigenvalue weighted by Gasteiger charge is 2.24. The Morgan fingerprint density at radius 3 is 2.28 bits per heavy atom. The first-order valence-corrected chi connectivity index (χ1v) is 8.80. The number of aryl methyl sites for hydroxylation is 1. The first-order valence-electron chi connectivity index (χ1n) is 8.80. The van der Waals surface area contributed by atoms with Crippen molar-refractivity contribution in [3.8, 4) is 0 Å². The minimum absolute atomic E-state index is 0.0287. The van der Waals surface area contributed by atoms with Gasteiger partial charge in [-0.1, -0.05) is 6.92 Å². The third-order valence-corrected chi connectivity index (χ3v) is 4.54. The van der Waals surface area contributed by atoms with E-state index < -0.39 is 0 Å². The van der Waals surface area contributed by atoms with Gasteiger partial charge in [0.1, 0.15) is 5.76 Å². The van der Waals surface area contributed by atoms with Crippen molar-refractivity contribution in [2.24, 2.45) is 0 Å². The van der Waals surface area contributed by atoms with E-state index in [9.17, 15) is 14.4 Å². The van der Waals surface area contributed by atoms with Crippen molar-refractivity contribution in [2.45, 2.75) is 33.6 Å². The Labute approximate surface area is 148 Å². The molecule has 0 unspecified atom stereocenters. The number of carbonyl (C=O) groups excluding carboxylic acids is 3. The third kappa shape index (κ3) is 4.84. The van der Waals surface area contributed by atoms with Crippen LogP contribution in [0.15, 0.2) is 16.7 Å². The number of carbonyl (C=O) groups is 3. The van der Waals surface area contributed by atoms with E-state index in [0.29, 0.717) is 57.0 Å². The molecule has 1 aliphatic heterocycles. The maximum absolute atomic E-state index is 12.6. The summed E-state index contributed by atoms with van der Waals surface area (Å²) < 4.78 is 5.21. The van der Waals surface area contributed by atoms with Gasteiger partial charge in [0.05, 0.1) is 11.8 Å². The fraction of sp³-hybridized carbons (Fsp3) is 0.611. The Bertz CT molecular complexity index is 618. The number of piperazine rings is 1. The van der Waals surface area contributed by atoms with Gasteiger partial charge in [0.2, 0.25) is 11.8 Å². The first-order chi connectivity index (χ1) is 11.9. The highest BCUT2D eigenvalue weighted by atomic mass is 16.3. The van der Waals surface area contributed by atoms with Crippen molar-refractivity contribution in [3.05, 3.63) is 23.7 Å². The van der Waals surface area contributed by atoms with Crippen LogP contribution in [0.5, 0.6) is 0 Å².